The van der Waals surface area contributed by atoms with Crippen LogP contribution < -0.4 is 5.73 Å². The van der Waals surface area contributed by atoms with Crippen LogP contribution in [0.4, 0.5) is 8.78 Å². The molecule has 0 aliphatic heterocycles. The van der Waals surface area contributed by atoms with Crippen molar-refractivity contribution in [2.24, 2.45) is 5.73 Å². The molecule has 0 unspecified atom stereocenters. The molecule has 1 atom stereocenters. The fourth-order valence-corrected chi connectivity index (χ4v) is 0.867. The van der Waals surface area contributed by atoms with Gasteiger partial charge in [-0.25, -0.2) is 8.78 Å². The zero-order valence-electron chi connectivity index (χ0n) is 6.98. The van der Waals surface area contributed by atoms with Crippen molar-refractivity contribution in [3.63, 3.8) is 0 Å². The Morgan fingerprint density at radius 2 is 1.71 bits per heavy atom. The summed E-state index contributed by atoms with van der Waals surface area (Å²) in [5.74, 6) is -1.67. The molecule has 0 aliphatic carbocycles. The van der Waals surface area contributed by atoms with Crippen LogP contribution in [0.5, 0.6) is 0 Å². The summed E-state index contributed by atoms with van der Waals surface area (Å²) in [7, 11) is 0. The normalized spacial score (nSPS) is 11.1. The first-order valence-corrected chi connectivity index (χ1v) is 3.32. The number of hydrogen-bond donors (Lipinski definition) is 2. The standard InChI is InChI=1S/C7H8F2N2O.2ClH/c8-4-1-11-2-5(9)7(4)6(10)3-12;;/h1-2,6,12H,3,10H2;2*1H/t6-;;/m1../s1. The van der Waals surface area contributed by atoms with Crippen LogP contribution >= 0.6 is 24.8 Å². The molecule has 0 saturated heterocycles. The number of halogens is 4. The molecule has 1 aromatic heterocycles. The van der Waals surface area contributed by atoms with Crippen molar-refractivity contribution in [3.05, 3.63) is 29.6 Å². The number of nitrogens with two attached hydrogens (primary N) is 1. The summed E-state index contributed by atoms with van der Waals surface area (Å²) in [6.45, 7) is -0.502. The number of pyridine rings is 1. The first kappa shape index (κ1) is 16.0. The summed E-state index contributed by atoms with van der Waals surface area (Å²) < 4.78 is 25.6. The van der Waals surface area contributed by atoms with Gasteiger partial charge in [-0.2, -0.15) is 0 Å². The molecule has 0 fully saturated rings. The van der Waals surface area contributed by atoms with Crippen molar-refractivity contribution >= 4 is 24.8 Å². The van der Waals surface area contributed by atoms with E-state index >= 15 is 0 Å². The van der Waals surface area contributed by atoms with E-state index in [4.69, 9.17) is 10.8 Å². The van der Waals surface area contributed by atoms with Gasteiger partial charge in [0.1, 0.15) is 11.6 Å². The van der Waals surface area contributed by atoms with E-state index in [9.17, 15) is 8.78 Å². The fraction of sp³-hybridized carbons (Fsp3) is 0.286. The maximum atomic E-state index is 12.8. The predicted molar refractivity (Wildman–Crippen MR) is 52.7 cm³/mol. The van der Waals surface area contributed by atoms with Crippen LogP contribution in [-0.4, -0.2) is 16.7 Å². The van der Waals surface area contributed by atoms with Gasteiger partial charge < -0.3 is 10.8 Å². The average Bonchev–Trinajstić information content (AvgIpc) is 2.03. The molecule has 0 bridgehead atoms. The second-order valence-electron chi connectivity index (χ2n) is 2.31. The minimum atomic E-state index is -1.03. The predicted octanol–water partition coefficient (Wildman–Crippen LogP) is 1.20. The summed E-state index contributed by atoms with van der Waals surface area (Å²) in [5.41, 5.74) is 4.91. The number of rotatable bonds is 2. The van der Waals surface area contributed by atoms with Crippen LogP contribution in [0.3, 0.4) is 0 Å². The lowest BCUT2D eigenvalue weighted by molar-refractivity contribution is 0.262. The fourth-order valence-electron chi connectivity index (χ4n) is 0.867. The molecule has 0 aromatic carbocycles. The van der Waals surface area contributed by atoms with E-state index in [1.807, 2.05) is 0 Å². The van der Waals surface area contributed by atoms with Crippen LogP contribution in [0.1, 0.15) is 11.6 Å². The SMILES string of the molecule is Cl.Cl.N[C@H](CO)c1c(F)cncc1F. The summed E-state index contributed by atoms with van der Waals surface area (Å²) in [4.78, 5) is 3.27. The molecule has 3 N–H and O–H groups in total. The summed E-state index contributed by atoms with van der Waals surface area (Å²) in [6, 6.07) is -1.03. The van der Waals surface area contributed by atoms with Crippen molar-refractivity contribution < 1.29 is 13.9 Å². The number of nitrogens with zero attached hydrogens (tertiary/aromatic N) is 1. The van der Waals surface area contributed by atoms with Crippen LogP contribution in [0.25, 0.3) is 0 Å². The minimum Gasteiger partial charge on any atom is -0.394 e. The maximum absolute atomic E-state index is 12.8. The Hall–Kier alpha value is -0.490. The largest absolute Gasteiger partial charge is 0.394 e. The van der Waals surface area contributed by atoms with E-state index in [-0.39, 0.29) is 30.4 Å². The van der Waals surface area contributed by atoms with Gasteiger partial charge in [-0.3, -0.25) is 4.98 Å². The molecule has 1 aromatic rings. The lowest BCUT2D eigenvalue weighted by Crippen LogP contribution is -2.18. The molecule has 1 heterocycles. The van der Waals surface area contributed by atoms with Gasteiger partial charge in [0, 0.05) is 5.56 Å². The molecule has 14 heavy (non-hydrogen) atoms. The van der Waals surface area contributed by atoms with E-state index in [0.717, 1.165) is 12.4 Å². The molecule has 0 spiro atoms. The van der Waals surface area contributed by atoms with Crippen LogP contribution in [0, 0.1) is 11.6 Å². The number of aliphatic hydroxyl groups excluding tert-OH is 1. The Labute approximate surface area is 92.2 Å². The smallest absolute Gasteiger partial charge is 0.149 e. The Kier molecular flexibility index (Phi) is 7.85. The van der Waals surface area contributed by atoms with Crippen molar-refractivity contribution in [2.75, 3.05) is 6.61 Å². The molecule has 7 heteroatoms. The average molecular weight is 247 g/mol. The van der Waals surface area contributed by atoms with Crippen LogP contribution in [0.2, 0.25) is 0 Å². The highest BCUT2D eigenvalue weighted by atomic mass is 35.5. The van der Waals surface area contributed by atoms with Crippen molar-refractivity contribution in [2.45, 2.75) is 6.04 Å². The minimum absolute atomic E-state index is 0. The number of aliphatic hydroxyl groups is 1. The first-order chi connectivity index (χ1) is 5.66. The summed E-state index contributed by atoms with van der Waals surface area (Å²) >= 11 is 0. The van der Waals surface area contributed by atoms with Gasteiger partial charge in [0.05, 0.1) is 25.0 Å². The van der Waals surface area contributed by atoms with Crippen LogP contribution in [0.15, 0.2) is 12.4 Å². The second kappa shape index (κ2) is 6.89. The molecule has 3 nitrogen and oxygen atoms in total. The number of aromatic nitrogens is 1. The monoisotopic (exact) mass is 246 g/mol. The van der Waals surface area contributed by atoms with Crippen molar-refractivity contribution in [1.29, 1.82) is 0 Å². The highest BCUT2D eigenvalue weighted by molar-refractivity contribution is 5.85. The van der Waals surface area contributed by atoms with Gasteiger partial charge in [0.25, 0.3) is 0 Å². The summed E-state index contributed by atoms with van der Waals surface area (Å²) in [6.07, 6.45) is 1.71. The van der Waals surface area contributed by atoms with Crippen LogP contribution in [-0.2, 0) is 0 Å². The Balaban J connectivity index is 0. The van der Waals surface area contributed by atoms with Gasteiger partial charge in [-0.05, 0) is 0 Å². The molecule has 0 aliphatic rings. The van der Waals surface area contributed by atoms with Crippen molar-refractivity contribution in [1.82, 2.24) is 4.98 Å². The highest BCUT2D eigenvalue weighted by Gasteiger charge is 2.15. The quantitative estimate of drug-likeness (QED) is 0.825. The van der Waals surface area contributed by atoms with E-state index in [1.165, 1.54) is 0 Å². The Bertz CT molecular complexity index is 268. The topological polar surface area (TPSA) is 59.1 Å². The molecule has 1 rings (SSSR count). The number of hydrogen-bond acceptors (Lipinski definition) is 3. The van der Waals surface area contributed by atoms with Gasteiger partial charge >= 0.3 is 0 Å². The third-order valence-corrected chi connectivity index (χ3v) is 1.46. The third kappa shape index (κ3) is 3.34. The maximum Gasteiger partial charge on any atom is 0.149 e. The zero-order chi connectivity index (χ0) is 9.14. The van der Waals surface area contributed by atoms with Gasteiger partial charge in [-0.1, -0.05) is 0 Å². The van der Waals surface area contributed by atoms with E-state index in [0.29, 0.717) is 0 Å². The van der Waals surface area contributed by atoms with E-state index in [2.05, 4.69) is 4.98 Å². The first-order valence-electron chi connectivity index (χ1n) is 3.32. The lowest BCUT2D eigenvalue weighted by Gasteiger charge is -2.09. The second-order valence-corrected chi connectivity index (χ2v) is 2.31. The highest BCUT2D eigenvalue weighted by Crippen LogP contribution is 2.16. The van der Waals surface area contributed by atoms with E-state index in [1.54, 1.807) is 0 Å². The van der Waals surface area contributed by atoms with E-state index < -0.39 is 24.3 Å². The summed E-state index contributed by atoms with van der Waals surface area (Å²) in [5, 5.41) is 8.56. The third-order valence-electron chi connectivity index (χ3n) is 1.46. The van der Waals surface area contributed by atoms with Gasteiger partial charge in [-0.15, -0.1) is 24.8 Å². The Morgan fingerprint density at radius 1 is 1.29 bits per heavy atom. The molecule has 0 radical (unpaired) electrons. The van der Waals surface area contributed by atoms with Crippen molar-refractivity contribution in [3.8, 4) is 0 Å². The molecule has 0 saturated carbocycles. The molecule has 82 valence electrons. The van der Waals surface area contributed by atoms with Gasteiger partial charge in [0.15, 0.2) is 0 Å². The molecular formula is C7H10Cl2F2N2O. The Morgan fingerprint density at radius 3 is 2.07 bits per heavy atom. The lowest BCUT2D eigenvalue weighted by atomic mass is 10.1. The van der Waals surface area contributed by atoms with Gasteiger partial charge in [0.2, 0.25) is 0 Å². The molecule has 0 amide bonds. The molecular weight excluding hydrogens is 237 g/mol. The zero-order valence-corrected chi connectivity index (χ0v) is 8.62.